The van der Waals surface area contributed by atoms with Crippen LogP contribution in [0.2, 0.25) is 0 Å². The van der Waals surface area contributed by atoms with Crippen molar-refractivity contribution in [2.45, 2.75) is 18.8 Å². The van der Waals surface area contributed by atoms with E-state index in [1.165, 1.54) is 10.6 Å². The second kappa shape index (κ2) is 11.7. The summed E-state index contributed by atoms with van der Waals surface area (Å²) >= 11 is 0. The molecule has 0 bridgehead atoms. The van der Waals surface area contributed by atoms with E-state index in [2.05, 4.69) is 10.2 Å². The molecule has 0 radical (unpaired) electrons. The Morgan fingerprint density at radius 1 is 1.00 bits per heavy atom. The Bertz CT molecular complexity index is 1500. The zero-order valence-corrected chi connectivity index (χ0v) is 23.8. The second-order valence-electron chi connectivity index (χ2n) is 9.98. The normalized spacial score (nSPS) is 17.4. The van der Waals surface area contributed by atoms with Crippen LogP contribution in [0.1, 0.15) is 29.9 Å². The van der Waals surface area contributed by atoms with E-state index in [4.69, 9.17) is 14.5 Å². The minimum atomic E-state index is -3.46. The molecule has 0 aliphatic carbocycles. The van der Waals surface area contributed by atoms with Crippen LogP contribution in [0.15, 0.2) is 71.7 Å². The van der Waals surface area contributed by atoms with Gasteiger partial charge in [-0.3, -0.25) is 14.1 Å². The topological polar surface area (TPSA) is 101 Å². The SMILES string of the molecule is COc1cc2c(cc1OC)C(C(=Nc1ccc(N(CCN3CCCC3)S(C)(=O)=O)cc1)c1ccccc1)C(=O)N2. The van der Waals surface area contributed by atoms with Crippen molar-refractivity contribution >= 4 is 38.7 Å². The molecular weight excluding hydrogens is 528 g/mol. The van der Waals surface area contributed by atoms with Crippen molar-refractivity contribution in [2.24, 2.45) is 4.99 Å². The van der Waals surface area contributed by atoms with Crippen molar-refractivity contribution in [1.82, 2.24) is 4.90 Å². The van der Waals surface area contributed by atoms with Gasteiger partial charge in [-0.1, -0.05) is 30.3 Å². The number of sulfonamides is 1. The van der Waals surface area contributed by atoms with Gasteiger partial charge in [-0.2, -0.15) is 0 Å². The Morgan fingerprint density at radius 3 is 2.27 bits per heavy atom. The summed E-state index contributed by atoms with van der Waals surface area (Å²) in [6.45, 7) is 3.09. The van der Waals surface area contributed by atoms with Gasteiger partial charge in [-0.25, -0.2) is 8.42 Å². The first kappa shape index (κ1) is 27.7. The van der Waals surface area contributed by atoms with Crippen molar-refractivity contribution in [3.63, 3.8) is 0 Å². The van der Waals surface area contributed by atoms with E-state index in [-0.39, 0.29) is 5.91 Å². The fourth-order valence-electron chi connectivity index (χ4n) is 5.32. The van der Waals surface area contributed by atoms with Crippen LogP contribution < -0.4 is 19.1 Å². The van der Waals surface area contributed by atoms with Crippen LogP contribution >= 0.6 is 0 Å². The largest absolute Gasteiger partial charge is 0.493 e. The molecule has 3 aromatic carbocycles. The third-order valence-electron chi connectivity index (χ3n) is 7.34. The predicted molar refractivity (Wildman–Crippen MR) is 158 cm³/mol. The molecule has 1 atom stereocenters. The van der Waals surface area contributed by atoms with Crippen LogP contribution in [0.4, 0.5) is 17.1 Å². The number of methoxy groups -OCH3 is 2. The van der Waals surface area contributed by atoms with Gasteiger partial charge in [0, 0.05) is 24.8 Å². The lowest BCUT2D eigenvalue weighted by Crippen LogP contribution is -2.37. The molecule has 2 aliphatic heterocycles. The molecule has 10 heteroatoms. The maximum Gasteiger partial charge on any atom is 0.238 e. The Kier molecular flexibility index (Phi) is 8.09. The number of nitrogens with one attached hydrogen (secondary N) is 1. The van der Waals surface area contributed by atoms with Gasteiger partial charge in [0.25, 0.3) is 0 Å². The number of amides is 1. The molecule has 0 aromatic heterocycles. The molecule has 2 aliphatic rings. The van der Waals surface area contributed by atoms with Crippen molar-refractivity contribution < 1.29 is 22.7 Å². The summed E-state index contributed by atoms with van der Waals surface area (Å²) in [5.41, 5.74) is 3.96. The maximum absolute atomic E-state index is 13.3. The summed E-state index contributed by atoms with van der Waals surface area (Å²) < 4.78 is 37.6. The molecule has 2 heterocycles. The lowest BCUT2D eigenvalue weighted by Gasteiger charge is -2.25. The molecule has 1 amide bonds. The van der Waals surface area contributed by atoms with Gasteiger partial charge in [0.1, 0.15) is 5.92 Å². The molecular formula is C30H34N4O5S. The quantitative estimate of drug-likeness (QED) is 0.367. The molecule has 210 valence electrons. The Morgan fingerprint density at radius 2 is 1.65 bits per heavy atom. The number of anilines is 2. The third kappa shape index (κ3) is 5.83. The summed E-state index contributed by atoms with van der Waals surface area (Å²) in [5.74, 6) is 0.171. The van der Waals surface area contributed by atoms with Crippen molar-refractivity contribution in [1.29, 1.82) is 0 Å². The number of benzene rings is 3. The number of hydrogen-bond acceptors (Lipinski definition) is 7. The smallest absolute Gasteiger partial charge is 0.238 e. The summed E-state index contributed by atoms with van der Waals surface area (Å²) in [6, 6.07) is 20.2. The summed E-state index contributed by atoms with van der Waals surface area (Å²) in [7, 11) is -0.349. The average Bonchev–Trinajstić information content (AvgIpc) is 3.58. The van der Waals surface area contributed by atoms with E-state index in [0.717, 1.165) is 37.1 Å². The van der Waals surface area contributed by atoms with Crippen LogP contribution in [0, 0.1) is 0 Å². The number of carbonyl (C=O) groups is 1. The maximum atomic E-state index is 13.3. The van der Waals surface area contributed by atoms with E-state index in [1.807, 2.05) is 36.4 Å². The standard InChI is InChI=1S/C30H34N4O5S/c1-38-26-19-24-25(20-27(26)39-2)32-30(35)28(24)29(21-9-5-4-6-10-21)31-22-11-13-23(14-12-22)34(40(3,36)37)18-17-33-15-7-8-16-33/h4-6,9-14,19-20,28H,7-8,15-18H2,1-3H3,(H,32,35). The monoisotopic (exact) mass is 562 g/mol. The molecule has 1 saturated heterocycles. The predicted octanol–water partition coefficient (Wildman–Crippen LogP) is 4.42. The van der Waals surface area contributed by atoms with E-state index < -0.39 is 15.9 Å². The first-order valence-electron chi connectivity index (χ1n) is 13.3. The Balaban J connectivity index is 1.50. The number of nitrogens with zero attached hydrogens (tertiary/aromatic N) is 3. The molecule has 1 fully saturated rings. The van der Waals surface area contributed by atoms with Crippen molar-refractivity contribution in [3.05, 3.63) is 77.9 Å². The average molecular weight is 563 g/mol. The fourth-order valence-corrected chi connectivity index (χ4v) is 6.24. The van der Waals surface area contributed by atoms with Crippen LogP contribution in [0.5, 0.6) is 11.5 Å². The lowest BCUT2D eigenvalue weighted by molar-refractivity contribution is -0.115. The minimum Gasteiger partial charge on any atom is -0.493 e. The molecule has 5 rings (SSSR count). The van der Waals surface area contributed by atoms with Crippen LogP contribution in [-0.2, 0) is 14.8 Å². The highest BCUT2D eigenvalue weighted by atomic mass is 32.2. The highest BCUT2D eigenvalue weighted by Crippen LogP contribution is 2.42. The number of fused-ring (bicyclic) bond motifs is 1. The van der Waals surface area contributed by atoms with Crippen LogP contribution in [0.3, 0.4) is 0 Å². The summed E-state index contributed by atoms with van der Waals surface area (Å²) in [5, 5.41) is 2.95. The highest BCUT2D eigenvalue weighted by Gasteiger charge is 2.36. The first-order valence-corrected chi connectivity index (χ1v) is 15.1. The third-order valence-corrected chi connectivity index (χ3v) is 8.53. The summed E-state index contributed by atoms with van der Waals surface area (Å²) in [6.07, 6.45) is 3.54. The number of aliphatic imine (C=N–C) groups is 1. The molecule has 0 saturated carbocycles. The highest BCUT2D eigenvalue weighted by molar-refractivity contribution is 7.92. The lowest BCUT2D eigenvalue weighted by atomic mass is 9.90. The van der Waals surface area contributed by atoms with E-state index >= 15 is 0 Å². The van der Waals surface area contributed by atoms with E-state index in [9.17, 15) is 13.2 Å². The van der Waals surface area contributed by atoms with E-state index in [0.29, 0.717) is 47.4 Å². The molecule has 3 aromatic rings. The molecule has 1 unspecified atom stereocenters. The number of likely N-dealkylation sites (tertiary alicyclic amines) is 1. The molecule has 9 nitrogen and oxygen atoms in total. The van der Waals surface area contributed by atoms with Gasteiger partial charge in [-0.15, -0.1) is 0 Å². The molecule has 40 heavy (non-hydrogen) atoms. The van der Waals surface area contributed by atoms with E-state index in [1.54, 1.807) is 44.6 Å². The number of ether oxygens (including phenoxy) is 2. The van der Waals surface area contributed by atoms with Gasteiger partial charge in [0.15, 0.2) is 11.5 Å². The Hall–Kier alpha value is -3.89. The van der Waals surface area contributed by atoms with Crippen molar-refractivity contribution in [3.8, 4) is 11.5 Å². The van der Waals surface area contributed by atoms with Gasteiger partial charge in [0.2, 0.25) is 15.9 Å². The molecule has 0 spiro atoms. The number of hydrogen-bond donors (Lipinski definition) is 1. The van der Waals surface area contributed by atoms with Crippen LogP contribution in [-0.4, -0.2) is 71.6 Å². The van der Waals surface area contributed by atoms with Gasteiger partial charge in [-0.05, 0) is 67.4 Å². The summed E-state index contributed by atoms with van der Waals surface area (Å²) in [4.78, 5) is 20.5. The zero-order valence-electron chi connectivity index (χ0n) is 23.0. The zero-order chi connectivity index (χ0) is 28.3. The number of rotatable bonds is 10. The van der Waals surface area contributed by atoms with Crippen molar-refractivity contribution in [2.75, 3.05) is 56.3 Å². The van der Waals surface area contributed by atoms with Gasteiger partial charge in [0.05, 0.1) is 37.6 Å². The van der Waals surface area contributed by atoms with Crippen LogP contribution in [0.25, 0.3) is 0 Å². The fraction of sp³-hybridized carbons (Fsp3) is 0.333. The Labute approximate surface area is 235 Å². The van der Waals surface area contributed by atoms with Gasteiger partial charge >= 0.3 is 0 Å². The minimum absolute atomic E-state index is 0.199. The molecule has 1 N–H and O–H groups in total. The first-order chi connectivity index (χ1) is 19.3. The van der Waals surface area contributed by atoms with Gasteiger partial charge < -0.3 is 19.7 Å². The second-order valence-corrected chi connectivity index (χ2v) is 11.9. The number of carbonyl (C=O) groups excluding carboxylic acids is 1.